The summed E-state index contributed by atoms with van der Waals surface area (Å²) in [6, 6.07) is 9.29. The van der Waals surface area contributed by atoms with E-state index in [0.29, 0.717) is 6.42 Å². The zero-order valence-corrected chi connectivity index (χ0v) is 11.8. The first-order valence-electron chi connectivity index (χ1n) is 6.11. The number of benzene rings is 1. The van der Waals surface area contributed by atoms with Crippen LogP contribution in [0.3, 0.4) is 0 Å². The molecule has 0 aromatic heterocycles. The molecule has 1 atom stereocenters. The van der Waals surface area contributed by atoms with Crippen molar-refractivity contribution in [2.75, 3.05) is 7.11 Å². The van der Waals surface area contributed by atoms with Gasteiger partial charge in [0.05, 0.1) is 13.2 Å². The minimum atomic E-state index is -0.785. The predicted molar refractivity (Wildman–Crippen MR) is 71.6 cm³/mol. The summed E-state index contributed by atoms with van der Waals surface area (Å²) in [6.07, 6.45) is 0.343. The maximum Gasteiger partial charge on any atom is 0.324 e. The van der Waals surface area contributed by atoms with Crippen LogP contribution in [-0.2, 0) is 16.0 Å². The fourth-order valence-electron chi connectivity index (χ4n) is 1.55. The minimum absolute atomic E-state index is 0.343. The highest BCUT2D eigenvalue weighted by Gasteiger charge is 2.25. The van der Waals surface area contributed by atoms with Crippen LogP contribution in [-0.4, -0.2) is 18.7 Å². The second-order valence-corrected chi connectivity index (χ2v) is 5.27. The summed E-state index contributed by atoms with van der Waals surface area (Å²) in [4.78, 5) is 11.8. The third-order valence-corrected chi connectivity index (χ3v) is 2.45. The maximum absolute atomic E-state index is 11.8. The van der Waals surface area contributed by atoms with E-state index in [0.717, 1.165) is 11.3 Å². The first-order valence-corrected chi connectivity index (χ1v) is 6.11. The molecule has 1 rings (SSSR count). The molecule has 0 fully saturated rings. The molecule has 19 heavy (non-hydrogen) atoms. The molecule has 0 N–H and O–H groups in total. The normalized spacial score (nSPS) is 12.4. The fourth-order valence-corrected chi connectivity index (χ4v) is 1.55. The lowest BCUT2D eigenvalue weighted by Gasteiger charge is -2.21. The molecular weight excluding hydrogens is 242 g/mol. The Morgan fingerprint density at radius 3 is 2.32 bits per heavy atom. The van der Waals surface area contributed by atoms with Crippen molar-refractivity contribution in [1.82, 2.24) is 0 Å². The Labute approximate surface area is 113 Å². The van der Waals surface area contributed by atoms with Gasteiger partial charge in [0.1, 0.15) is 17.3 Å². The van der Waals surface area contributed by atoms with E-state index in [1.807, 2.05) is 18.2 Å². The summed E-state index contributed by atoms with van der Waals surface area (Å²) in [7, 11) is 1.59. The van der Waals surface area contributed by atoms with Crippen molar-refractivity contribution in [3.8, 4) is 11.8 Å². The lowest BCUT2D eigenvalue weighted by molar-refractivity contribution is -0.157. The van der Waals surface area contributed by atoms with E-state index >= 15 is 0 Å². The number of hydrogen-bond acceptors (Lipinski definition) is 4. The molecule has 0 radical (unpaired) electrons. The zero-order valence-electron chi connectivity index (χ0n) is 11.8. The van der Waals surface area contributed by atoms with Gasteiger partial charge in [0, 0.05) is 0 Å². The summed E-state index contributed by atoms with van der Waals surface area (Å²) in [6.45, 7) is 5.35. The van der Waals surface area contributed by atoms with Crippen LogP contribution in [0.25, 0.3) is 0 Å². The molecule has 0 aliphatic carbocycles. The topological polar surface area (TPSA) is 59.3 Å². The lowest BCUT2D eigenvalue weighted by Crippen LogP contribution is -2.29. The number of rotatable bonds is 4. The van der Waals surface area contributed by atoms with Crippen LogP contribution in [0.5, 0.6) is 5.75 Å². The quantitative estimate of drug-likeness (QED) is 0.782. The van der Waals surface area contributed by atoms with Gasteiger partial charge >= 0.3 is 5.97 Å². The highest BCUT2D eigenvalue weighted by molar-refractivity contribution is 5.76. The van der Waals surface area contributed by atoms with Crippen LogP contribution in [0.1, 0.15) is 26.3 Å². The molecule has 0 saturated carbocycles. The number of nitriles is 1. The van der Waals surface area contributed by atoms with E-state index in [2.05, 4.69) is 0 Å². The standard InChI is InChI=1S/C15H19NO3/c1-15(2,3)19-14(17)12(10-16)9-11-5-7-13(18-4)8-6-11/h5-8,12H,9H2,1-4H3. The Bertz CT molecular complexity index is 466. The highest BCUT2D eigenvalue weighted by Crippen LogP contribution is 2.17. The van der Waals surface area contributed by atoms with Gasteiger partial charge in [0.25, 0.3) is 0 Å². The molecule has 0 heterocycles. The molecule has 0 saturated heterocycles. The van der Waals surface area contributed by atoms with Gasteiger partial charge < -0.3 is 9.47 Å². The highest BCUT2D eigenvalue weighted by atomic mass is 16.6. The summed E-state index contributed by atoms with van der Waals surface area (Å²) < 4.78 is 10.3. The molecule has 0 spiro atoms. The molecule has 0 aliphatic heterocycles. The van der Waals surface area contributed by atoms with E-state index in [9.17, 15) is 4.79 Å². The van der Waals surface area contributed by atoms with Crippen LogP contribution in [0.15, 0.2) is 24.3 Å². The molecule has 1 aromatic carbocycles. The van der Waals surface area contributed by atoms with E-state index in [1.165, 1.54) is 0 Å². The van der Waals surface area contributed by atoms with Gasteiger partial charge in [-0.25, -0.2) is 0 Å². The average molecular weight is 261 g/mol. The maximum atomic E-state index is 11.8. The van der Waals surface area contributed by atoms with Gasteiger partial charge in [-0.2, -0.15) is 5.26 Å². The Morgan fingerprint density at radius 2 is 1.89 bits per heavy atom. The Morgan fingerprint density at radius 1 is 1.32 bits per heavy atom. The number of methoxy groups -OCH3 is 1. The Balaban J connectivity index is 2.71. The molecule has 4 heteroatoms. The van der Waals surface area contributed by atoms with Gasteiger partial charge in [-0.05, 0) is 44.9 Å². The fraction of sp³-hybridized carbons (Fsp3) is 0.467. The van der Waals surface area contributed by atoms with Crippen LogP contribution in [0.2, 0.25) is 0 Å². The predicted octanol–water partition coefficient (Wildman–Crippen LogP) is 2.72. The molecule has 4 nitrogen and oxygen atoms in total. The van der Waals surface area contributed by atoms with Gasteiger partial charge in [-0.1, -0.05) is 12.1 Å². The number of carbonyl (C=O) groups excluding carboxylic acids is 1. The first kappa shape index (κ1) is 15.0. The molecule has 1 unspecified atom stereocenters. The van der Waals surface area contributed by atoms with Crippen molar-refractivity contribution in [2.45, 2.75) is 32.8 Å². The van der Waals surface area contributed by atoms with Crippen molar-refractivity contribution >= 4 is 5.97 Å². The van der Waals surface area contributed by atoms with Crippen LogP contribution < -0.4 is 4.74 Å². The molecule has 0 aliphatic rings. The number of nitrogens with zero attached hydrogens (tertiary/aromatic N) is 1. The van der Waals surface area contributed by atoms with E-state index in [4.69, 9.17) is 14.7 Å². The molecule has 0 bridgehead atoms. The van der Waals surface area contributed by atoms with Crippen LogP contribution in [0.4, 0.5) is 0 Å². The third kappa shape index (κ3) is 5.01. The van der Waals surface area contributed by atoms with Crippen molar-refractivity contribution in [3.63, 3.8) is 0 Å². The van der Waals surface area contributed by atoms with E-state index < -0.39 is 17.5 Å². The number of hydrogen-bond donors (Lipinski definition) is 0. The van der Waals surface area contributed by atoms with Crippen molar-refractivity contribution in [2.24, 2.45) is 5.92 Å². The average Bonchev–Trinajstić information content (AvgIpc) is 2.34. The van der Waals surface area contributed by atoms with Crippen LogP contribution >= 0.6 is 0 Å². The SMILES string of the molecule is COc1ccc(CC(C#N)C(=O)OC(C)(C)C)cc1. The smallest absolute Gasteiger partial charge is 0.324 e. The number of esters is 1. The third-order valence-electron chi connectivity index (χ3n) is 2.45. The number of ether oxygens (including phenoxy) is 2. The molecule has 0 amide bonds. The first-order chi connectivity index (χ1) is 8.85. The van der Waals surface area contributed by atoms with Gasteiger partial charge in [0.2, 0.25) is 0 Å². The Kier molecular flexibility index (Phi) is 4.94. The number of carbonyl (C=O) groups is 1. The molecule has 102 valence electrons. The molecular formula is C15H19NO3. The summed E-state index contributed by atoms with van der Waals surface area (Å²) in [5.41, 5.74) is 0.324. The summed E-state index contributed by atoms with van der Waals surface area (Å²) >= 11 is 0. The van der Waals surface area contributed by atoms with Gasteiger partial charge in [-0.15, -0.1) is 0 Å². The zero-order chi connectivity index (χ0) is 14.5. The lowest BCUT2D eigenvalue weighted by atomic mass is 10.0. The Hall–Kier alpha value is -2.02. The minimum Gasteiger partial charge on any atom is -0.497 e. The van der Waals surface area contributed by atoms with Gasteiger partial charge in [0.15, 0.2) is 0 Å². The van der Waals surface area contributed by atoms with Crippen LogP contribution in [0, 0.1) is 17.2 Å². The van der Waals surface area contributed by atoms with E-state index in [1.54, 1.807) is 40.0 Å². The van der Waals surface area contributed by atoms with Crippen molar-refractivity contribution < 1.29 is 14.3 Å². The van der Waals surface area contributed by atoms with E-state index in [-0.39, 0.29) is 0 Å². The largest absolute Gasteiger partial charge is 0.497 e. The second-order valence-electron chi connectivity index (χ2n) is 5.27. The summed E-state index contributed by atoms with van der Waals surface area (Å²) in [5, 5.41) is 9.08. The monoisotopic (exact) mass is 261 g/mol. The van der Waals surface area contributed by atoms with Crippen molar-refractivity contribution in [3.05, 3.63) is 29.8 Å². The van der Waals surface area contributed by atoms with Crippen molar-refractivity contribution in [1.29, 1.82) is 5.26 Å². The summed E-state index contributed by atoms with van der Waals surface area (Å²) in [5.74, 6) is -0.520. The van der Waals surface area contributed by atoms with Gasteiger partial charge in [-0.3, -0.25) is 4.79 Å². The second kappa shape index (κ2) is 6.24. The molecule has 1 aromatic rings.